The van der Waals surface area contributed by atoms with Crippen LogP contribution >= 0.6 is 0 Å². The van der Waals surface area contributed by atoms with Crippen molar-refractivity contribution in [2.24, 2.45) is 17.3 Å². The third kappa shape index (κ3) is 4.02. The first-order valence-corrected chi connectivity index (χ1v) is 8.75. The van der Waals surface area contributed by atoms with E-state index < -0.39 is 45.9 Å². The summed E-state index contributed by atoms with van der Waals surface area (Å²) >= 11 is -4.18. The van der Waals surface area contributed by atoms with E-state index in [-0.39, 0.29) is 25.2 Å². The summed E-state index contributed by atoms with van der Waals surface area (Å²) in [4.78, 5) is 23.4. The third-order valence-electron chi connectivity index (χ3n) is 4.92. The maximum Gasteiger partial charge on any atom is 0.432 e. The second kappa shape index (κ2) is 6.90. The van der Waals surface area contributed by atoms with Gasteiger partial charge in [-0.15, -0.1) is 0 Å². The molecule has 2 bridgehead atoms. The van der Waals surface area contributed by atoms with E-state index in [1.165, 1.54) is 0 Å². The number of ether oxygens (including phenoxy) is 1. The minimum atomic E-state index is -5.72. The molecule has 2 aliphatic carbocycles. The second-order valence-corrected chi connectivity index (χ2v) is 7.76. The van der Waals surface area contributed by atoms with Crippen LogP contribution < -0.4 is 0 Å². The fourth-order valence-electron chi connectivity index (χ4n) is 3.91. The van der Waals surface area contributed by atoms with Crippen LogP contribution in [-0.4, -0.2) is 38.6 Å². The van der Waals surface area contributed by atoms with Gasteiger partial charge in [0.2, 0.25) is 11.1 Å². The molecule has 2 aliphatic rings. The molecule has 2 fully saturated rings. The summed E-state index contributed by atoms with van der Waals surface area (Å²) in [5.41, 5.74) is -1.44. The summed E-state index contributed by atoms with van der Waals surface area (Å²) in [6.45, 7) is 0. The number of hydrogen-bond acceptors (Lipinski definition) is 4. The van der Waals surface area contributed by atoms with Crippen LogP contribution in [0.15, 0.2) is 0 Å². The van der Waals surface area contributed by atoms with E-state index in [1.807, 2.05) is 0 Å². The first-order chi connectivity index (χ1) is 11.4. The first kappa shape index (κ1) is 20.2. The van der Waals surface area contributed by atoms with Gasteiger partial charge in [0.25, 0.3) is 6.10 Å². The van der Waals surface area contributed by atoms with E-state index in [1.54, 1.807) is 0 Å². The van der Waals surface area contributed by atoms with Gasteiger partial charge >= 0.3 is 17.4 Å². The number of fused-ring (bicyclic) bond motifs is 2. The van der Waals surface area contributed by atoms with Gasteiger partial charge in [-0.3, -0.25) is 4.79 Å². The summed E-state index contributed by atoms with van der Waals surface area (Å²) in [5.74, 6) is -2.11. The fourth-order valence-corrected chi connectivity index (χ4v) is 4.27. The SMILES string of the molecule is O=CC1CC2CCCC(C(=O)OC(C(F)(F)F)C(F)(F)S(=O)O)(C1)C2. The van der Waals surface area contributed by atoms with E-state index in [0.29, 0.717) is 25.5 Å². The van der Waals surface area contributed by atoms with Crippen molar-refractivity contribution in [2.45, 2.75) is 56.1 Å². The van der Waals surface area contributed by atoms with Gasteiger partial charge in [-0.25, -0.2) is 4.21 Å². The van der Waals surface area contributed by atoms with Crippen LogP contribution in [0.3, 0.4) is 0 Å². The molecule has 0 heterocycles. The maximum absolute atomic E-state index is 13.5. The molecule has 1 N–H and O–H groups in total. The molecule has 5 nitrogen and oxygen atoms in total. The second-order valence-electron chi connectivity index (χ2n) is 6.72. The molecular formula is C14H17F5O5S. The average molecular weight is 392 g/mol. The van der Waals surface area contributed by atoms with Crippen molar-refractivity contribution >= 4 is 23.3 Å². The lowest BCUT2D eigenvalue weighted by Crippen LogP contribution is -2.53. The molecule has 2 rings (SSSR count). The van der Waals surface area contributed by atoms with Gasteiger partial charge in [-0.2, -0.15) is 22.0 Å². The number of aldehydes is 1. The monoisotopic (exact) mass is 392 g/mol. The van der Waals surface area contributed by atoms with Crippen LogP contribution in [-0.2, 0) is 25.4 Å². The first-order valence-electron chi connectivity index (χ1n) is 7.64. The Labute approximate surface area is 142 Å². The van der Waals surface area contributed by atoms with Crippen LogP contribution in [0.25, 0.3) is 0 Å². The van der Waals surface area contributed by atoms with Gasteiger partial charge in [-0.1, -0.05) is 12.8 Å². The highest BCUT2D eigenvalue weighted by molar-refractivity contribution is 7.80. The van der Waals surface area contributed by atoms with Gasteiger partial charge in [-0.05, 0) is 31.6 Å². The van der Waals surface area contributed by atoms with Crippen LogP contribution in [0.1, 0.15) is 38.5 Å². The lowest BCUT2D eigenvalue weighted by Gasteiger charge is -2.45. The van der Waals surface area contributed by atoms with Crippen molar-refractivity contribution < 1.29 is 45.0 Å². The Morgan fingerprint density at radius 3 is 2.44 bits per heavy atom. The highest BCUT2D eigenvalue weighted by atomic mass is 32.2. The molecule has 0 spiro atoms. The highest BCUT2D eigenvalue weighted by Gasteiger charge is 2.64. The molecule has 0 amide bonds. The molecule has 11 heteroatoms. The average Bonchev–Trinajstić information content (AvgIpc) is 2.50. The largest absolute Gasteiger partial charge is 0.444 e. The predicted molar refractivity (Wildman–Crippen MR) is 74.8 cm³/mol. The number of carbonyl (C=O) groups excluding carboxylic acids is 2. The molecule has 2 saturated carbocycles. The number of esters is 1. The summed E-state index contributed by atoms with van der Waals surface area (Å²) in [5, 5.41) is -5.20. The fraction of sp³-hybridized carbons (Fsp3) is 0.857. The van der Waals surface area contributed by atoms with Crippen molar-refractivity contribution in [1.29, 1.82) is 0 Å². The van der Waals surface area contributed by atoms with E-state index in [9.17, 15) is 35.8 Å². The minimum absolute atomic E-state index is 0.0653. The Morgan fingerprint density at radius 1 is 1.28 bits per heavy atom. The molecule has 0 aromatic carbocycles. The van der Waals surface area contributed by atoms with E-state index in [2.05, 4.69) is 4.74 Å². The Hall–Kier alpha value is -1.10. The molecule has 0 radical (unpaired) electrons. The Morgan fingerprint density at radius 2 is 1.92 bits per heavy atom. The number of rotatable bonds is 5. The minimum Gasteiger partial charge on any atom is -0.444 e. The Kier molecular flexibility index (Phi) is 5.58. The number of alkyl halides is 5. The van der Waals surface area contributed by atoms with Crippen molar-refractivity contribution in [3.63, 3.8) is 0 Å². The van der Waals surface area contributed by atoms with E-state index in [0.717, 1.165) is 0 Å². The molecule has 5 atom stereocenters. The van der Waals surface area contributed by atoms with Crippen molar-refractivity contribution in [3.8, 4) is 0 Å². The molecule has 144 valence electrons. The molecule has 0 aromatic heterocycles. The zero-order valence-corrected chi connectivity index (χ0v) is 13.7. The number of carbonyl (C=O) groups is 2. The number of hydrogen-bond donors (Lipinski definition) is 1. The smallest absolute Gasteiger partial charge is 0.432 e. The van der Waals surface area contributed by atoms with Crippen LogP contribution in [0.4, 0.5) is 22.0 Å². The van der Waals surface area contributed by atoms with E-state index >= 15 is 0 Å². The zero-order chi connectivity index (χ0) is 19.0. The van der Waals surface area contributed by atoms with Crippen molar-refractivity contribution in [3.05, 3.63) is 0 Å². The van der Waals surface area contributed by atoms with Gasteiger partial charge < -0.3 is 14.1 Å². The summed E-state index contributed by atoms with van der Waals surface area (Å²) in [6, 6.07) is 0. The predicted octanol–water partition coefficient (Wildman–Crippen LogP) is 3.06. The van der Waals surface area contributed by atoms with Gasteiger partial charge in [0.1, 0.15) is 6.29 Å². The molecule has 0 saturated heterocycles. The Bertz CT molecular complexity index is 566. The summed E-state index contributed by atoms with van der Waals surface area (Å²) in [7, 11) is 0. The quantitative estimate of drug-likeness (QED) is 0.337. The molecule has 5 unspecified atom stereocenters. The third-order valence-corrected chi connectivity index (χ3v) is 5.60. The lowest BCUT2D eigenvalue weighted by molar-refractivity contribution is -0.263. The summed E-state index contributed by atoms with van der Waals surface area (Å²) < 4.78 is 88.9. The van der Waals surface area contributed by atoms with Gasteiger partial charge in [0.05, 0.1) is 5.41 Å². The van der Waals surface area contributed by atoms with Gasteiger partial charge in [0, 0.05) is 5.92 Å². The molecule has 0 aliphatic heterocycles. The standard InChI is InChI=1S/C14H17F5O5S/c15-13(16,17)10(14(18,19)25(22)23)24-11(21)12-3-1-2-8(5-12)4-9(6-12)7-20/h7-10H,1-6H2,(H,22,23). The summed E-state index contributed by atoms with van der Waals surface area (Å²) in [6.07, 6.45) is -7.21. The van der Waals surface area contributed by atoms with Gasteiger partial charge in [0.15, 0.2) is 0 Å². The lowest BCUT2D eigenvalue weighted by atomic mass is 9.59. The van der Waals surface area contributed by atoms with E-state index in [4.69, 9.17) is 4.55 Å². The molecule has 0 aromatic rings. The Balaban J connectivity index is 2.28. The van der Waals surface area contributed by atoms with Crippen molar-refractivity contribution in [1.82, 2.24) is 0 Å². The maximum atomic E-state index is 13.5. The van der Waals surface area contributed by atoms with Crippen LogP contribution in [0.5, 0.6) is 0 Å². The van der Waals surface area contributed by atoms with Crippen LogP contribution in [0.2, 0.25) is 0 Å². The number of halogens is 5. The van der Waals surface area contributed by atoms with Crippen LogP contribution in [0, 0.1) is 17.3 Å². The topological polar surface area (TPSA) is 80.7 Å². The molecular weight excluding hydrogens is 375 g/mol. The highest BCUT2D eigenvalue weighted by Crippen LogP contribution is 2.52. The van der Waals surface area contributed by atoms with Crippen molar-refractivity contribution in [2.75, 3.05) is 0 Å². The normalized spacial score (nSPS) is 32.6. The zero-order valence-electron chi connectivity index (χ0n) is 12.9. The molecule has 25 heavy (non-hydrogen) atoms.